The number of ether oxygens (including phenoxy) is 2. The Bertz CT molecular complexity index is 356. The van der Waals surface area contributed by atoms with Gasteiger partial charge in [-0.1, -0.05) is 26.7 Å². The van der Waals surface area contributed by atoms with Crippen LogP contribution in [-0.2, 0) is 0 Å². The molecule has 0 radical (unpaired) electrons. The van der Waals surface area contributed by atoms with Gasteiger partial charge in [-0.05, 0) is 18.1 Å². The van der Waals surface area contributed by atoms with Crippen LogP contribution in [0.1, 0.15) is 37.0 Å². The maximum atomic E-state index is 10.9. The largest absolute Gasteiger partial charge is 0.497 e. The molecule has 0 amide bonds. The molecule has 0 heterocycles. The quantitative estimate of drug-likeness (QED) is 0.681. The zero-order valence-electron chi connectivity index (χ0n) is 10.7. The van der Waals surface area contributed by atoms with Crippen LogP contribution in [-0.4, -0.2) is 20.0 Å². The first-order valence-electron chi connectivity index (χ1n) is 6.01. The third kappa shape index (κ3) is 3.77. The topological polar surface area (TPSA) is 35.5 Å². The number of rotatable bonds is 7. The third-order valence-corrected chi connectivity index (χ3v) is 2.98. The Labute approximate surface area is 103 Å². The van der Waals surface area contributed by atoms with Gasteiger partial charge in [-0.2, -0.15) is 0 Å². The molecule has 0 aromatic heterocycles. The van der Waals surface area contributed by atoms with Crippen molar-refractivity contribution in [2.24, 2.45) is 5.92 Å². The summed E-state index contributed by atoms with van der Waals surface area (Å²) in [4.78, 5) is 10.9. The van der Waals surface area contributed by atoms with E-state index in [4.69, 9.17) is 9.47 Å². The van der Waals surface area contributed by atoms with Crippen molar-refractivity contribution in [2.45, 2.75) is 26.7 Å². The Morgan fingerprint density at radius 3 is 2.53 bits per heavy atom. The maximum Gasteiger partial charge on any atom is 0.153 e. The summed E-state index contributed by atoms with van der Waals surface area (Å²) in [6, 6.07) is 5.23. The van der Waals surface area contributed by atoms with Crippen molar-refractivity contribution in [2.75, 3.05) is 13.7 Å². The van der Waals surface area contributed by atoms with Gasteiger partial charge in [0.15, 0.2) is 6.29 Å². The highest BCUT2D eigenvalue weighted by molar-refractivity contribution is 5.79. The molecular weight excluding hydrogens is 216 g/mol. The van der Waals surface area contributed by atoms with Crippen LogP contribution in [0, 0.1) is 5.92 Å². The Morgan fingerprint density at radius 1 is 1.29 bits per heavy atom. The molecule has 3 nitrogen and oxygen atoms in total. The van der Waals surface area contributed by atoms with Gasteiger partial charge in [0.1, 0.15) is 11.5 Å². The van der Waals surface area contributed by atoms with Gasteiger partial charge in [0.05, 0.1) is 19.3 Å². The van der Waals surface area contributed by atoms with Crippen molar-refractivity contribution in [3.8, 4) is 11.5 Å². The van der Waals surface area contributed by atoms with Gasteiger partial charge >= 0.3 is 0 Å². The Hall–Kier alpha value is -1.51. The highest BCUT2D eigenvalue weighted by Gasteiger charge is 2.08. The van der Waals surface area contributed by atoms with Crippen LogP contribution in [0.25, 0.3) is 0 Å². The van der Waals surface area contributed by atoms with Crippen LogP contribution in [0.2, 0.25) is 0 Å². The van der Waals surface area contributed by atoms with E-state index in [1.165, 1.54) is 0 Å². The number of aldehydes is 1. The van der Waals surface area contributed by atoms with Gasteiger partial charge in [0, 0.05) is 6.07 Å². The van der Waals surface area contributed by atoms with Crippen LogP contribution < -0.4 is 9.47 Å². The molecule has 94 valence electrons. The minimum absolute atomic E-state index is 0.528. The molecule has 0 aliphatic heterocycles. The second-order valence-electron chi connectivity index (χ2n) is 4.02. The molecule has 3 heteroatoms. The summed E-state index contributed by atoms with van der Waals surface area (Å²) in [6.45, 7) is 4.93. The molecule has 0 aliphatic carbocycles. The molecule has 1 rings (SSSR count). The molecule has 0 N–H and O–H groups in total. The molecule has 0 aliphatic rings. The molecule has 17 heavy (non-hydrogen) atoms. The summed E-state index contributed by atoms with van der Waals surface area (Å²) < 4.78 is 10.8. The van der Waals surface area contributed by atoms with Crippen molar-refractivity contribution >= 4 is 6.29 Å². The van der Waals surface area contributed by atoms with Crippen LogP contribution in [0.15, 0.2) is 18.2 Å². The number of carbonyl (C=O) groups is 1. The minimum atomic E-state index is 0.528. The summed E-state index contributed by atoms with van der Waals surface area (Å²) in [5.74, 6) is 1.84. The molecule has 0 unspecified atom stereocenters. The monoisotopic (exact) mass is 236 g/mol. The lowest BCUT2D eigenvalue weighted by molar-refractivity contribution is 0.111. The molecule has 1 aromatic carbocycles. The van der Waals surface area contributed by atoms with Crippen molar-refractivity contribution in [1.82, 2.24) is 0 Å². The standard InChI is InChI=1S/C14H20O3/c1-4-11(5-2)10-17-14-8-13(16-3)7-6-12(14)9-15/h6-9,11H,4-5,10H2,1-3H3. The SMILES string of the molecule is CCC(CC)COc1cc(OC)ccc1C=O. The third-order valence-electron chi connectivity index (χ3n) is 2.98. The van der Waals surface area contributed by atoms with Crippen molar-refractivity contribution < 1.29 is 14.3 Å². The summed E-state index contributed by atoms with van der Waals surface area (Å²) >= 11 is 0. The predicted molar refractivity (Wildman–Crippen MR) is 67.9 cm³/mol. The Morgan fingerprint density at radius 2 is 2.00 bits per heavy atom. The predicted octanol–water partition coefficient (Wildman–Crippen LogP) is 3.32. The second-order valence-corrected chi connectivity index (χ2v) is 4.02. The smallest absolute Gasteiger partial charge is 0.153 e. The first-order chi connectivity index (χ1) is 8.24. The minimum Gasteiger partial charge on any atom is -0.497 e. The van der Waals surface area contributed by atoms with Crippen LogP contribution in [0.4, 0.5) is 0 Å². The van der Waals surface area contributed by atoms with E-state index in [0.717, 1.165) is 19.1 Å². The molecule has 0 bridgehead atoms. The molecule has 0 fully saturated rings. The highest BCUT2D eigenvalue weighted by atomic mass is 16.5. The average molecular weight is 236 g/mol. The fourth-order valence-corrected chi connectivity index (χ4v) is 1.60. The van der Waals surface area contributed by atoms with Crippen molar-refractivity contribution in [1.29, 1.82) is 0 Å². The second kappa shape index (κ2) is 6.94. The summed E-state index contributed by atoms with van der Waals surface area (Å²) in [5.41, 5.74) is 0.566. The van der Waals surface area contributed by atoms with Gasteiger partial charge in [-0.3, -0.25) is 4.79 Å². The van der Waals surface area contributed by atoms with E-state index in [2.05, 4.69) is 13.8 Å². The molecule has 1 aromatic rings. The molecular formula is C14H20O3. The number of hydrogen-bond acceptors (Lipinski definition) is 3. The Balaban J connectivity index is 2.76. The van der Waals surface area contributed by atoms with E-state index in [1.54, 1.807) is 25.3 Å². The average Bonchev–Trinajstić information content (AvgIpc) is 2.39. The summed E-state index contributed by atoms with van der Waals surface area (Å²) in [7, 11) is 1.60. The van der Waals surface area contributed by atoms with E-state index < -0.39 is 0 Å². The Kier molecular flexibility index (Phi) is 5.53. The number of methoxy groups -OCH3 is 1. The fraction of sp³-hybridized carbons (Fsp3) is 0.500. The van der Waals surface area contributed by atoms with E-state index in [0.29, 0.717) is 29.6 Å². The number of benzene rings is 1. The normalized spacial score (nSPS) is 10.4. The van der Waals surface area contributed by atoms with Gasteiger partial charge < -0.3 is 9.47 Å². The zero-order chi connectivity index (χ0) is 12.7. The molecule has 0 atom stereocenters. The lowest BCUT2D eigenvalue weighted by Gasteiger charge is -2.15. The molecule has 0 saturated heterocycles. The summed E-state index contributed by atoms with van der Waals surface area (Å²) in [6.07, 6.45) is 2.97. The fourth-order valence-electron chi connectivity index (χ4n) is 1.60. The van der Waals surface area contributed by atoms with E-state index in [1.807, 2.05) is 0 Å². The van der Waals surface area contributed by atoms with E-state index in [-0.39, 0.29) is 0 Å². The van der Waals surface area contributed by atoms with Crippen molar-refractivity contribution in [3.63, 3.8) is 0 Å². The molecule has 0 spiro atoms. The van der Waals surface area contributed by atoms with Gasteiger partial charge in [-0.15, -0.1) is 0 Å². The van der Waals surface area contributed by atoms with E-state index in [9.17, 15) is 4.79 Å². The van der Waals surface area contributed by atoms with Crippen LogP contribution in [0.3, 0.4) is 0 Å². The van der Waals surface area contributed by atoms with Gasteiger partial charge in [0.2, 0.25) is 0 Å². The van der Waals surface area contributed by atoms with Crippen molar-refractivity contribution in [3.05, 3.63) is 23.8 Å². The van der Waals surface area contributed by atoms with E-state index >= 15 is 0 Å². The van der Waals surface area contributed by atoms with Gasteiger partial charge in [0.25, 0.3) is 0 Å². The van der Waals surface area contributed by atoms with Crippen LogP contribution in [0.5, 0.6) is 11.5 Å². The number of carbonyl (C=O) groups excluding carboxylic acids is 1. The zero-order valence-corrected chi connectivity index (χ0v) is 10.7. The van der Waals surface area contributed by atoms with Crippen LogP contribution >= 0.6 is 0 Å². The maximum absolute atomic E-state index is 10.9. The first-order valence-corrected chi connectivity index (χ1v) is 6.01. The summed E-state index contributed by atoms with van der Waals surface area (Å²) in [5, 5.41) is 0. The highest BCUT2D eigenvalue weighted by Crippen LogP contribution is 2.24. The molecule has 0 saturated carbocycles. The first kappa shape index (κ1) is 13.6. The lowest BCUT2D eigenvalue weighted by Crippen LogP contribution is -2.11. The lowest BCUT2D eigenvalue weighted by atomic mass is 10.1. The van der Waals surface area contributed by atoms with Gasteiger partial charge in [-0.25, -0.2) is 0 Å². The number of hydrogen-bond donors (Lipinski definition) is 0.